The van der Waals surface area contributed by atoms with Gasteiger partial charge in [-0.05, 0) is 49.8 Å². The molecule has 1 aliphatic carbocycles. The van der Waals surface area contributed by atoms with Crippen molar-refractivity contribution in [2.24, 2.45) is 0 Å². The molecule has 0 atom stereocenters. The van der Waals surface area contributed by atoms with Gasteiger partial charge in [0.25, 0.3) is 0 Å². The van der Waals surface area contributed by atoms with E-state index in [9.17, 15) is 0 Å². The van der Waals surface area contributed by atoms with E-state index in [0.29, 0.717) is 0 Å². The van der Waals surface area contributed by atoms with Gasteiger partial charge in [-0.2, -0.15) is 0 Å². The molecule has 0 unspecified atom stereocenters. The first-order valence-corrected chi connectivity index (χ1v) is 4.23. The first-order chi connectivity index (χ1) is 5.29. The summed E-state index contributed by atoms with van der Waals surface area (Å²) >= 11 is 0. The van der Waals surface area contributed by atoms with Crippen molar-refractivity contribution in [1.82, 2.24) is 4.98 Å². The lowest BCUT2D eigenvalue weighted by molar-refractivity contribution is 0.898. The molecule has 1 aromatic rings. The number of aromatic nitrogens is 1. The summed E-state index contributed by atoms with van der Waals surface area (Å²) in [6, 6.07) is 0. The predicted molar refractivity (Wildman–Crippen MR) is 45.7 cm³/mol. The average molecular weight is 147 g/mol. The Hall–Kier alpha value is -0.850. The Morgan fingerprint density at radius 2 is 2.09 bits per heavy atom. The van der Waals surface area contributed by atoms with Crippen molar-refractivity contribution in [1.29, 1.82) is 0 Å². The lowest BCUT2D eigenvalue weighted by atomic mass is 10.1. The van der Waals surface area contributed by atoms with Crippen LogP contribution in [0.5, 0.6) is 0 Å². The van der Waals surface area contributed by atoms with E-state index in [4.69, 9.17) is 0 Å². The number of rotatable bonds is 0. The highest BCUT2D eigenvalue weighted by Crippen LogP contribution is 2.24. The Morgan fingerprint density at radius 3 is 2.91 bits per heavy atom. The second-order valence-electron chi connectivity index (χ2n) is 3.35. The Labute approximate surface area is 67.5 Å². The molecule has 0 radical (unpaired) electrons. The van der Waals surface area contributed by atoms with E-state index >= 15 is 0 Å². The van der Waals surface area contributed by atoms with Crippen LogP contribution in [0.3, 0.4) is 0 Å². The molecule has 0 aromatic carbocycles. The molecule has 0 saturated heterocycles. The summed E-state index contributed by atoms with van der Waals surface area (Å²) in [7, 11) is 0. The molecule has 0 N–H and O–H groups in total. The number of fused-ring (bicyclic) bond motifs is 1. The van der Waals surface area contributed by atoms with Gasteiger partial charge in [0.15, 0.2) is 0 Å². The van der Waals surface area contributed by atoms with E-state index in [1.54, 1.807) is 0 Å². The van der Waals surface area contributed by atoms with Crippen LogP contribution in [0.4, 0.5) is 0 Å². The molecule has 0 spiro atoms. The van der Waals surface area contributed by atoms with Crippen molar-refractivity contribution in [2.45, 2.75) is 33.1 Å². The van der Waals surface area contributed by atoms with Crippen molar-refractivity contribution in [2.75, 3.05) is 0 Å². The highest BCUT2D eigenvalue weighted by molar-refractivity contribution is 5.37. The van der Waals surface area contributed by atoms with Crippen LogP contribution in [-0.4, -0.2) is 4.98 Å². The van der Waals surface area contributed by atoms with Crippen LogP contribution in [0, 0.1) is 13.8 Å². The average Bonchev–Trinajstić information content (AvgIpc) is 2.45. The van der Waals surface area contributed by atoms with Crippen LogP contribution in [-0.2, 0) is 12.8 Å². The molecule has 1 heteroatoms. The number of hydrogen-bond donors (Lipinski definition) is 0. The van der Waals surface area contributed by atoms with Crippen LogP contribution in [0.25, 0.3) is 0 Å². The molecule has 0 aliphatic heterocycles. The molecule has 1 nitrogen and oxygen atoms in total. The first-order valence-electron chi connectivity index (χ1n) is 4.23. The van der Waals surface area contributed by atoms with Gasteiger partial charge in [-0.3, -0.25) is 4.98 Å². The molecule has 1 aliphatic rings. The van der Waals surface area contributed by atoms with Gasteiger partial charge < -0.3 is 0 Å². The van der Waals surface area contributed by atoms with Crippen molar-refractivity contribution in [3.8, 4) is 0 Å². The highest BCUT2D eigenvalue weighted by atomic mass is 14.7. The van der Waals surface area contributed by atoms with Gasteiger partial charge in [0, 0.05) is 11.9 Å². The lowest BCUT2D eigenvalue weighted by Gasteiger charge is -2.04. The zero-order chi connectivity index (χ0) is 7.84. The molecule has 58 valence electrons. The first kappa shape index (κ1) is 6.84. The second kappa shape index (κ2) is 2.33. The molecular formula is C10H13N. The van der Waals surface area contributed by atoms with Crippen LogP contribution in [0.2, 0.25) is 0 Å². The summed E-state index contributed by atoms with van der Waals surface area (Å²) < 4.78 is 0. The van der Waals surface area contributed by atoms with Crippen molar-refractivity contribution < 1.29 is 0 Å². The summed E-state index contributed by atoms with van der Waals surface area (Å²) in [6.07, 6.45) is 5.73. The van der Waals surface area contributed by atoms with E-state index < -0.39 is 0 Å². The third kappa shape index (κ3) is 0.953. The van der Waals surface area contributed by atoms with E-state index in [1.807, 2.05) is 6.20 Å². The minimum Gasteiger partial charge on any atom is -0.261 e. The molecule has 1 heterocycles. The molecule has 0 amide bonds. The monoisotopic (exact) mass is 147 g/mol. The van der Waals surface area contributed by atoms with Gasteiger partial charge in [0.1, 0.15) is 0 Å². The Bertz CT molecular complexity index is 289. The minimum absolute atomic E-state index is 1.19. The Kier molecular flexibility index (Phi) is 1.45. The van der Waals surface area contributed by atoms with E-state index in [0.717, 1.165) is 0 Å². The fraction of sp³-hybridized carbons (Fsp3) is 0.500. The highest BCUT2D eigenvalue weighted by Gasteiger charge is 2.14. The van der Waals surface area contributed by atoms with E-state index in [1.165, 1.54) is 41.6 Å². The Morgan fingerprint density at radius 1 is 1.27 bits per heavy atom. The fourth-order valence-corrected chi connectivity index (χ4v) is 1.78. The third-order valence-electron chi connectivity index (χ3n) is 2.65. The second-order valence-corrected chi connectivity index (χ2v) is 3.35. The molecule has 0 bridgehead atoms. The number of nitrogens with zero attached hydrogens (tertiary/aromatic N) is 1. The predicted octanol–water partition coefficient (Wildman–Crippen LogP) is 2.19. The number of aryl methyl sites for hydroxylation is 2. The van der Waals surface area contributed by atoms with Crippen LogP contribution in [0.1, 0.15) is 28.8 Å². The SMILES string of the molecule is Cc1cnc2c(c1C)CCC2. The van der Waals surface area contributed by atoms with Crippen LogP contribution >= 0.6 is 0 Å². The van der Waals surface area contributed by atoms with Gasteiger partial charge >= 0.3 is 0 Å². The quantitative estimate of drug-likeness (QED) is 0.548. The van der Waals surface area contributed by atoms with E-state index in [2.05, 4.69) is 18.8 Å². The maximum atomic E-state index is 4.42. The van der Waals surface area contributed by atoms with Crippen LogP contribution in [0.15, 0.2) is 6.20 Å². The molecule has 2 rings (SSSR count). The summed E-state index contributed by atoms with van der Waals surface area (Å²) in [6.45, 7) is 4.35. The molecule has 1 aromatic heterocycles. The zero-order valence-corrected chi connectivity index (χ0v) is 7.15. The standard InChI is InChI=1S/C10H13N/c1-7-6-11-10-5-3-4-9(10)8(7)2/h6H,3-5H2,1-2H3. The molecule has 11 heavy (non-hydrogen) atoms. The van der Waals surface area contributed by atoms with E-state index in [-0.39, 0.29) is 0 Å². The summed E-state index contributed by atoms with van der Waals surface area (Å²) in [5.74, 6) is 0. The number of hydrogen-bond acceptors (Lipinski definition) is 1. The summed E-state index contributed by atoms with van der Waals surface area (Å²) in [4.78, 5) is 4.42. The van der Waals surface area contributed by atoms with Crippen LogP contribution < -0.4 is 0 Å². The Balaban J connectivity index is 2.62. The smallest absolute Gasteiger partial charge is 0.0438 e. The van der Waals surface area contributed by atoms with Crippen molar-refractivity contribution in [3.63, 3.8) is 0 Å². The van der Waals surface area contributed by atoms with Gasteiger partial charge in [-0.15, -0.1) is 0 Å². The lowest BCUT2D eigenvalue weighted by Crippen LogP contribution is -1.94. The maximum absolute atomic E-state index is 4.42. The van der Waals surface area contributed by atoms with Gasteiger partial charge in [0.05, 0.1) is 0 Å². The number of pyridine rings is 1. The summed E-state index contributed by atoms with van der Waals surface area (Å²) in [5, 5.41) is 0. The fourth-order valence-electron chi connectivity index (χ4n) is 1.78. The van der Waals surface area contributed by atoms with Crippen molar-refractivity contribution >= 4 is 0 Å². The van der Waals surface area contributed by atoms with Gasteiger partial charge in [0.2, 0.25) is 0 Å². The molecule has 0 fully saturated rings. The van der Waals surface area contributed by atoms with Gasteiger partial charge in [-0.25, -0.2) is 0 Å². The third-order valence-corrected chi connectivity index (χ3v) is 2.65. The normalized spacial score (nSPS) is 15.1. The zero-order valence-electron chi connectivity index (χ0n) is 7.15. The van der Waals surface area contributed by atoms with Crippen molar-refractivity contribution in [3.05, 3.63) is 28.6 Å². The molecule has 0 saturated carbocycles. The minimum atomic E-state index is 1.19. The maximum Gasteiger partial charge on any atom is 0.0438 e. The molecular weight excluding hydrogens is 134 g/mol. The topological polar surface area (TPSA) is 12.9 Å². The largest absolute Gasteiger partial charge is 0.261 e. The summed E-state index contributed by atoms with van der Waals surface area (Å²) in [5.41, 5.74) is 5.66. The van der Waals surface area contributed by atoms with Gasteiger partial charge in [-0.1, -0.05) is 0 Å².